The van der Waals surface area contributed by atoms with Gasteiger partial charge in [-0.3, -0.25) is 14.6 Å². The zero-order valence-corrected chi connectivity index (χ0v) is 17.4. The van der Waals surface area contributed by atoms with Crippen molar-refractivity contribution in [3.8, 4) is 5.75 Å². The molecule has 2 aromatic heterocycles. The van der Waals surface area contributed by atoms with E-state index in [1.807, 2.05) is 11.9 Å². The molecule has 0 radical (unpaired) electrons. The third-order valence-corrected chi connectivity index (χ3v) is 5.80. The molecule has 2 aliphatic rings. The van der Waals surface area contributed by atoms with Crippen LogP contribution >= 0.6 is 0 Å². The number of pyridine rings is 1. The first-order valence-electron chi connectivity index (χ1n) is 10.2. The molecule has 1 saturated heterocycles. The van der Waals surface area contributed by atoms with Crippen molar-refractivity contribution < 1.29 is 23.8 Å². The molecule has 8 heteroatoms. The predicted octanol–water partition coefficient (Wildman–Crippen LogP) is 3.13. The summed E-state index contributed by atoms with van der Waals surface area (Å²) in [5.74, 6) is -0.409. The molecule has 0 aliphatic carbocycles. The Morgan fingerprint density at radius 2 is 2.00 bits per heavy atom. The highest BCUT2D eigenvalue weighted by molar-refractivity contribution is 6.46. The quantitative estimate of drug-likeness (QED) is 0.385. The number of nitrogens with zero attached hydrogens (tertiary/aromatic N) is 3. The number of amides is 1. The summed E-state index contributed by atoms with van der Waals surface area (Å²) in [7, 11) is 1.93. The average Bonchev–Trinajstić information content (AvgIpc) is 3.42. The topological polar surface area (TPSA) is 96.1 Å². The number of ether oxygens (including phenoxy) is 1. The fraction of sp³-hybridized carbons (Fsp3) is 0.208. The van der Waals surface area contributed by atoms with Gasteiger partial charge in [0.25, 0.3) is 11.7 Å². The summed E-state index contributed by atoms with van der Waals surface area (Å²) in [5.41, 5.74) is 1.96. The molecule has 0 bridgehead atoms. The number of aliphatic hydroxyl groups is 1. The van der Waals surface area contributed by atoms with E-state index >= 15 is 0 Å². The SMILES string of the molecule is CN1CCOc2ccc(/C(O)=C3/C(=O)C(=O)N(Cc4ccco4)C3c3ccncc3)cc21. The second kappa shape index (κ2) is 7.88. The lowest BCUT2D eigenvalue weighted by molar-refractivity contribution is -0.140. The number of benzene rings is 1. The van der Waals surface area contributed by atoms with Crippen LogP contribution in [0, 0.1) is 0 Å². The van der Waals surface area contributed by atoms with Crippen molar-refractivity contribution in [2.75, 3.05) is 25.1 Å². The van der Waals surface area contributed by atoms with Gasteiger partial charge < -0.3 is 24.1 Å². The zero-order valence-electron chi connectivity index (χ0n) is 17.4. The van der Waals surface area contributed by atoms with Gasteiger partial charge in [-0.1, -0.05) is 0 Å². The van der Waals surface area contributed by atoms with E-state index in [-0.39, 0.29) is 17.9 Å². The lowest BCUT2D eigenvalue weighted by Gasteiger charge is -2.28. The lowest BCUT2D eigenvalue weighted by atomic mass is 9.95. The van der Waals surface area contributed by atoms with Crippen molar-refractivity contribution in [3.05, 3.63) is 83.6 Å². The van der Waals surface area contributed by atoms with Crippen LogP contribution in [0.2, 0.25) is 0 Å². The molecular formula is C24H21N3O5. The van der Waals surface area contributed by atoms with Gasteiger partial charge in [-0.15, -0.1) is 0 Å². The Kier molecular flexibility index (Phi) is 4.89. The Morgan fingerprint density at radius 1 is 1.19 bits per heavy atom. The van der Waals surface area contributed by atoms with Crippen molar-refractivity contribution in [1.82, 2.24) is 9.88 Å². The molecular weight excluding hydrogens is 410 g/mol. The number of carbonyl (C=O) groups excluding carboxylic acids is 2. The standard InChI is InChI=1S/C24H21N3O5/c1-26-10-12-32-19-5-4-16(13-18(19)26)22(28)20-21(15-6-8-25-9-7-15)27(24(30)23(20)29)14-17-3-2-11-31-17/h2-9,11,13,21,28H,10,12,14H2,1H3/b22-20-. The molecule has 0 spiro atoms. The van der Waals surface area contributed by atoms with Gasteiger partial charge in [0.05, 0.1) is 36.7 Å². The fourth-order valence-electron chi connectivity index (χ4n) is 4.16. The molecule has 4 heterocycles. The van der Waals surface area contributed by atoms with E-state index < -0.39 is 17.7 Å². The molecule has 1 fully saturated rings. The Bertz CT molecular complexity index is 1200. The minimum absolute atomic E-state index is 0.0343. The van der Waals surface area contributed by atoms with Crippen LogP contribution in [-0.4, -0.2) is 46.9 Å². The molecule has 1 amide bonds. The van der Waals surface area contributed by atoms with Crippen molar-refractivity contribution in [2.45, 2.75) is 12.6 Å². The Balaban J connectivity index is 1.63. The molecule has 2 aliphatic heterocycles. The molecule has 1 atom stereocenters. The van der Waals surface area contributed by atoms with Gasteiger partial charge in [-0.05, 0) is 48.0 Å². The minimum Gasteiger partial charge on any atom is -0.507 e. The number of fused-ring (bicyclic) bond motifs is 1. The highest BCUT2D eigenvalue weighted by Gasteiger charge is 2.46. The van der Waals surface area contributed by atoms with Gasteiger partial charge in [0, 0.05) is 25.0 Å². The van der Waals surface area contributed by atoms with E-state index in [4.69, 9.17) is 9.15 Å². The second-order valence-corrected chi connectivity index (χ2v) is 7.74. The van der Waals surface area contributed by atoms with Crippen molar-refractivity contribution in [3.63, 3.8) is 0 Å². The number of furan rings is 1. The van der Waals surface area contributed by atoms with E-state index in [1.54, 1.807) is 54.9 Å². The number of aliphatic hydroxyl groups excluding tert-OH is 1. The first kappa shape index (κ1) is 19.9. The molecule has 0 saturated carbocycles. The predicted molar refractivity (Wildman–Crippen MR) is 116 cm³/mol. The third kappa shape index (κ3) is 3.30. The van der Waals surface area contributed by atoms with E-state index in [0.717, 1.165) is 5.69 Å². The number of carbonyl (C=O) groups is 2. The van der Waals surface area contributed by atoms with Gasteiger partial charge in [0.1, 0.15) is 23.9 Å². The van der Waals surface area contributed by atoms with E-state index in [1.165, 1.54) is 11.2 Å². The number of hydrogen-bond donors (Lipinski definition) is 1. The largest absolute Gasteiger partial charge is 0.507 e. The van der Waals surface area contributed by atoms with Gasteiger partial charge in [-0.2, -0.15) is 0 Å². The zero-order chi connectivity index (χ0) is 22.2. The maximum atomic E-state index is 13.1. The second-order valence-electron chi connectivity index (χ2n) is 7.74. The number of Topliss-reactive ketones (excluding diaryl/α,β-unsaturated/α-hetero) is 1. The highest BCUT2D eigenvalue weighted by Crippen LogP contribution is 2.41. The van der Waals surface area contributed by atoms with E-state index in [0.29, 0.717) is 35.8 Å². The summed E-state index contributed by atoms with van der Waals surface area (Å²) in [6, 6.07) is 11.4. The Labute approximate surface area is 184 Å². The number of aromatic nitrogens is 1. The molecule has 1 aromatic carbocycles. The van der Waals surface area contributed by atoms with E-state index in [2.05, 4.69) is 4.98 Å². The highest BCUT2D eigenvalue weighted by atomic mass is 16.5. The molecule has 162 valence electrons. The average molecular weight is 431 g/mol. The van der Waals surface area contributed by atoms with Gasteiger partial charge >= 0.3 is 0 Å². The summed E-state index contributed by atoms with van der Waals surface area (Å²) in [4.78, 5) is 33.6. The normalized spacial score (nSPS) is 19.7. The van der Waals surface area contributed by atoms with Crippen LogP contribution in [0.15, 0.2) is 71.1 Å². The van der Waals surface area contributed by atoms with Crippen molar-refractivity contribution in [1.29, 1.82) is 0 Å². The fourth-order valence-corrected chi connectivity index (χ4v) is 4.16. The number of likely N-dealkylation sites (N-methyl/N-ethyl adjacent to an activating group) is 1. The van der Waals surface area contributed by atoms with Crippen LogP contribution in [0.1, 0.15) is 22.9 Å². The monoisotopic (exact) mass is 431 g/mol. The number of likely N-dealkylation sites (tertiary alicyclic amines) is 1. The van der Waals surface area contributed by atoms with Gasteiger partial charge in [0.2, 0.25) is 0 Å². The van der Waals surface area contributed by atoms with Crippen LogP contribution in [0.5, 0.6) is 5.75 Å². The van der Waals surface area contributed by atoms with Crippen molar-refractivity contribution >= 4 is 23.1 Å². The number of anilines is 1. The molecule has 32 heavy (non-hydrogen) atoms. The molecule has 1 N–H and O–H groups in total. The number of ketones is 1. The first-order valence-corrected chi connectivity index (χ1v) is 10.2. The van der Waals surface area contributed by atoms with Gasteiger partial charge in [-0.25, -0.2) is 0 Å². The third-order valence-electron chi connectivity index (χ3n) is 5.80. The number of rotatable bonds is 4. The van der Waals surface area contributed by atoms with Gasteiger partial charge in [0.15, 0.2) is 0 Å². The number of hydrogen-bond acceptors (Lipinski definition) is 7. The molecule has 3 aromatic rings. The Morgan fingerprint density at radius 3 is 2.75 bits per heavy atom. The summed E-state index contributed by atoms with van der Waals surface area (Å²) in [6.07, 6.45) is 4.69. The summed E-state index contributed by atoms with van der Waals surface area (Å²) >= 11 is 0. The smallest absolute Gasteiger partial charge is 0.296 e. The Hall–Kier alpha value is -4.07. The summed E-state index contributed by atoms with van der Waals surface area (Å²) in [6.45, 7) is 1.39. The van der Waals surface area contributed by atoms with E-state index in [9.17, 15) is 14.7 Å². The molecule has 8 nitrogen and oxygen atoms in total. The van der Waals surface area contributed by atoms with Crippen LogP contribution in [0.4, 0.5) is 5.69 Å². The summed E-state index contributed by atoms with van der Waals surface area (Å²) < 4.78 is 11.1. The lowest BCUT2D eigenvalue weighted by Crippen LogP contribution is -2.29. The van der Waals surface area contributed by atoms with Crippen LogP contribution in [0.25, 0.3) is 5.76 Å². The summed E-state index contributed by atoms with van der Waals surface area (Å²) in [5, 5.41) is 11.3. The maximum absolute atomic E-state index is 13.1. The molecule has 1 unspecified atom stereocenters. The van der Waals surface area contributed by atoms with Crippen molar-refractivity contribution in [2.24, 2.45) is 0 Å². The van der Waals surface area contributed by atoms with Crippen LogP contribution in [0.3, 0.4) is 0 Å². The maximum Gasteiger partial charge on any atom is 0.296 e. The molecule has 5 rings (SSSR count). The first-order chi connectivity index (χ1) is 15.5. The minimum atomic E-state index is -0.770. The van der Waals surface area contributed by atoms with Crippen LogP contribution in [-0.2, 0) is 16.1 Å². The van der Waals surface area contributed by atoms with Crippen LogP contribution < -0.4 is 9.64 Å².